The van der Waals surface area contributed by atoms with Gasteiger partial charge in [0, 0.05) is 0 Å². The van der Waals surface area contributed by atoms with Crippen LogP contribution < -0.4 is 0 Å². The van der Waals surface area contributed by atoms with Gasteiger partial charge in [-0.15, -0.1) is 0 Å². The van der Waals surface area contributed by atoms with Crippen molar-refractivity contribution >= 4 is 11.1 Å². The van der Waals surface area contributed by atoms with Crippen LogP contribution in [0, 0.1) is 6.92 Å². The third-order valence-electron chi connectivity index (χ3n) is 4.31. The molecule has 0 saturated heterocycles. The standard InChI is InChI=1S/C20H20/c1-14-8-7-11-18(12-14)20-13-19(15(2)16(20)3)17-9-5-4-6-10-17/h4-12H,13H2,1-3H3. The molecule has 0 N–H and O–H groups in total. The van der Waals surface area contributed by atoms with E-state index in [0.717, 1.165) is 6.42 Å². The van der Waals surface area contributed by atoms with Crippen molar-refractivity contribution in [3.8, 4) is 0 Å². The van der Waals surface area contributed by atoms with Gasteiger partial charge in [-0.3, -0.25) is 0 Å². The molecule has 0 heteroatoms. The lowest BCUT2D eigenvalue weighted by molar-refractivity contribution is 1.37. The Balaban J connectivity index is 2.00. The summed E-state index contributed by atoms with van der Waals surface area (Å²) in [5, 5.41) is 0. The van der Waals surface area contributed by atoms with Crippen LogP contribution in [-0.4, -0.2) is 0 Å². The second-order valence-corrected chi connectivity index (χ2v) is 5.62. The molecule has 0 atom stereocenters. The molecule has 3 rings (SSSR count). The van der Waals surface area contributed by atoms with E-state index >= 15 is 0 Å². The molecule has 0 saturated carbocycles. The first-order valence-electron chi connectivity index (χ1n) is 7.19. The fourth-order valence-corrected chi connectivity index (χ4v) is 3.00. The number of hydrogen-bond donors (Lipinski definition) is 0. The van der Waals surface area contributed by atoms with Crippen LogP contribution in [0.15, 0.2) is 65.7 Å². The van der Waals surface area contributed by atoms with Crippen molar-refractivity contribution < 1.29 is 0 Å². The molecule has 0 aliphatic heterocycles. The Morgan fingerprint density at radius 2 is 1.25 bits per heavy atom. The van der Waals surface area contributed by atoms with E-state index in [1.54, 1.807) is 0 Å². The molecule has 1 aliphatic carbocycles. The van der Waals surface area contributed by atoms with Gasteiger partial charge in [0.2, 0.25) is 0 Å². The molecule has 2 aromatic rings. The van der Waals surface area contributed by atoms with Gasteiger partial charge in [0.25, 0.3) is 0 Å². The van der Waals surface area contributed by atoms with Crippen molar-refractivity contribution in [1.29, 1.82) is 0 Å². The molecule has 0 spiro atoms. The SMILES string of the molecule is CC1=C(c2ccccc2)CC(c2cccc(C)c2)=C1C. The Morgan fingerprint density at radius 3 is 1.90 bits per heavy atom. The highest BCUT2D eigenvalue weighted by molar-refractivity contribution is 5.91. The fourth-order valence-electron chi connectivity index (χ4n) is 3.00. The van der Waals surface area contributed by atoms with Crippen LogP contribution >= 0.6 is 0 Å². The van der Waals surface area contributed by atoms with Gasteiger partial charge in [0.15, 0.2) is 0 Å². The van der Waals surface area contributed by atoms with E-state index in [2.05, 4.69) is 75.4 Å². The van der Waals surface area contributed by atoms with Crippen molar-refractivity contribution in [2.75, 3.05) is 0 Å². The average molecular weight is 260 g/mol. The van der Waals surface area contributed by atoms with Crippen molar-refractivity contribution in [2.24, 2.45) is 0 Å². The van der Waals surface area contributed by atoms with E-state index in [4.69, 9.17) is 0 Å². The van der Waals surface area contributed by atoms with E-state index in [-0.39, 0.29) is 0 Å². The molecule has 0 unspecified atom stereocenters. The van der Waals surface area contributed by atoms with E-state index in [1.165, 1.54) is 39.0 Å². The van der Waals surface area contributed by atoms with Gasteiger partial charge in [-0.05, 0) is 60.6 Å². The zero-order valence-electron chi connectivity index (χ0n) is 12.4. The third-order valence-corrected chi connectivity index (χ3v) is 4.31. The summed E-state index contributed by atoms with van der Waals surface area (Å²) in [7, 11) is 0. The summed E-state index contributed by atoms with van der Waals surface area (Å²) in [6.45, 7) is 6.66. The fraction of sp³-hybridized carbons (Fsp3) is 0.200. The smallest absolute Gasteiger partial charge is 0.000843 e. The summed E-state index contributed by atoms with van der Waals surface area (Å²) in [6.07, 6.45) is 1.05. The largest absolute Gasteiger partial charge is 0.0622 e. The molecule has 0 bridgehead atoms. The first-order chi connectivity index (χ1) is 9.66. The van der Waals surface area contributed by atoms with Crippen molar-refractivity contribution in [3.63, 3.8) is 0 Å². The Morgan fingerprint density at radius 1 is 0.650 bits per heavy atom. The molecule has 0 radical (unpaired) electrons. The maximum Gasteiger partial charge on any atom is -0.000843 e. The van der Waals surface area contributed by atoms with Gasteiger partial charge in [-0.2, -0.15) is 0 Å². The number of aryl methyl sites for hydroxylation is 1. The van der Waals surface area contributed by atoms with Gasteiger partial charge >= 0.3 is 0 Å². The lowest BCUT2D eigenvalue weighted by atomic mass is 9.97. The van der Waals surface area contributed by atoms with Crippen molar-refractivity contribution in [2.45, 2.75) is 27.2 Å². The van der Waals surface area contributed by atoms with Crippen LogP contribution in [0.3, 0.4) is 0 Å². The predicted molar refractivity (Wildman–Crippen MR) is 87.4 cm³/mol. The summed E-state index contributed by atoms with van der Waals surface area (Å²) in [5.41, 5.74) is 9.88. The highest BCUT2D eigenvalue weighted by atomic mass is 14.2. The monoisotopic (exact) mass is 260 g/mol. The third kappa shape index (κ3) is 2.22. The predicted octanol–water partition coefficient (Wildman–Crippen LogP) is 5.65. The summed E-state index contributed by atoms with van der Waals surface area (Å²) in [5.74, 6) is 0. The molecule has 100 valence electrons. The molecule has 0 nitrogen and oxygen atoms in total. The van der Waals surface area contributed by atoms with Gasteiger partial charge in [-0.1, -0.05) is 60.2 Å². The minimum Gasteiger partial charge on any atom is -0.0622 e. The number of allylic oxidation sites excluding steroid dienone is 4. The molecule has 0 fully saturated rings. The second kappa shape index (κ2) is 5.13. The van der Waals surface area contributed by atoms with Crippen LogP contribution in [0.5, 0.6) is 0 Å². The minimum absolute atomic E-state index is 1.05. The molecule has 0 amide bonds. The molecule has 1 aliphatic rings. The van der Waals surface area contributed by atoms with E-state index < -0.39 is 0 Å². The van der Waals surface area contributed by atoms with Crippen LogP contribution in [0.1, 0.15) is 37.0 Å². The van der Waals surface area contributed by atoms with E-state index in [1.807, 2.05) is 0 Å². The van der Waals surface area contributed by atoms with Crippen LogP contribution in [0.25, 0.3) is 11.1 Å². The van der Waals surface area contributed by atoms with E-state index in [9.17, 15) is 0 Å². The lowest BCUT2D eigenvalue weighted by Crippen LogP contribution is -1.86. The van der Waals surface area contributed by atoms with E-state index in [0.29, 0.717) is 0 Å². The van der Waals surface area contributed by atoms with Crippen LogP contribution in [-0.2, 0) is 0 Å². The molecule has 20 heavy (non-hydrogen) atoms. The Kier molecular flexibility index (Phi) is 3.31. The number of rotatable bonds is 2. The first kappa shape index (κ1) is 12.9. The molecule has 2 aromatic carbocycles. The summed E-state index contributed by atoms with van der Waals surface area (Å²) in [4.78, 5) is 0. The van der Waals surface area contributed by atoms with Crippen molar-refractivity contribution in [1.82, 2.24) is 0 Å². The highest BCUT2D eigenvalue weighted by Gasteiger charge is 2.20. The number of benzene rings is 2. The highest BCUT2D eigenvalue weighted by Crippen LogP contribution is 2.42. The lowest BCUT2D eigenvalue weighted by Gasteiger charge is -2.07. The molecule has 0 aromatic heterocycles. The van der Waals surface area contributed by atoms with Gasteiger partial charge < -0.3 is 0 Å². The van der Waals surface area contributed by atoms with Crippen LogP contribution in [0.4, 0.5) is 0 Å². The topological polar surface area (TPSA) is 0 Å². The maximum atomic E-state index is 2.29. The first-order valence-corrected chi connectivity index (χ1v) is 7.19. The Hall–Kier alpha value is -2.08. The molecular weight excluding hydrogens is 240 g/mol. The summed E-state index contributed by atoms with van der Waals surface area (Å²) in [6, 6.07) is 19.6. The van der Waals surface area contributed by atoms with Gasteiger partial charge in [-0.25, -0.2) is 0 Å². The number of hydrogen-bond acceptors (Lipinski definition) is 0. The second-order valence-electron chi connectivity index (χ2n) is 5.62. The maximum absolute atomic E-state index is 2.29. The summed E-state index contributed by atoms with van der Waals surface area (Å²) < 4.78 is 0. The molecule has 0 heterocycles. The van der Waals surface area contributed by atoms with Crippen molar-refractivity contribution in [3.05, 3.63) is 82.4 Å². The zero-order valence-corrected chi connectivity index (χ0v) is 12.4. The quantitative estimate of drug-likeness (QED) is 0.655. The van der Waals surface area contributed by atoms with Gasteiger partial charge in [0.1, 0.15) is 0 Å². The summed E-state index contributed by atoms with van der Waals surface area (Å²) >= 11 is 0. The zero-order chi connectivity index (χ0) is 14.1. The van der Waals surface area contributed by atoms with Crippen LogP contribution in [0.2, 0.25) is 0 Å². The van der Waals surface area contributed by atoms with Gasteiger partial charge in [0.05, 0.1) is 0 Å². The minimum atomic E-state index is 1.05. The normalized spacial score (nSPS) is 15.2. The Labute approximate surface area is 121 Å². The average Bonchev–Trinajstić information content (AvgIpc) is 2.76. The Bertz CT molecular complexity index is 700. The molecular formula is C20H20.